The van der Waals surface area contributed by atoms with E-state index in [0.29, 0.717) is 25.1 Å². The van der Waals surface area contributed by atoms with E-state index in [2.05, 4.69) is 0 Å². The number of aryl methyl sites for hydroxylation is 1. The summed E-state index contributed by atoms with van der Waals surface area (Å²) in [5, 5.41) is 9.30. The number of hydrogen-bond acceptors (Lipinski definition) is 5. The number of rotatable bonds is 8. The van der Waals surface area contributed by atoms with Crippen LogP contribution in [0.15, 0.2) is 36.4 Å². The first-order chi connectivity index (χ1) is 15.4. The zero-order valence-corrected chi connectivity index (χ0v) is 19.0. The lowest BCUT2D eigenvalue weighted by Gasteiger charge is -2.27. The average molecular weight is 441 g/mol. The summed E-state index contributed by atoms with van der Waals surface area (Å²) in [6, 6.07) is 11.5. The maximum absolute atomic E-state index is 12.1. The lowest BCUT2D eigenvalue weighted by molar-refractivity contribution is -0.143. The van der Waals surface area contributed by atoms with Crippen molar-refractivity contribution in [3.05, 3.63) is 47.7 Å². The number of carboxylic acids is 1. The summed E-state index contributed by atoms with van der Waals surface area (Å²) in [6.07, 6.45) is 3.36. The van der Waals surface area contributed by atoms with Crippen molar-refractivity contribution in [2.45, 2.75) is 58.7 Å². The Bertz CT molecular complexity index is 946. The molecule has 0 bridgehead atoms. The fourth-order valence-corrected chi connectivity index (χ4v) is 4.05. The number of pyridine rings is 1. The van der Waals surface area contributed by atoms with Crippen molar-refractivity contribution in [1.29, 1.82) is 0 Å². The molecule has 0 radical (unpaired) electrons. The van der Waals surface area contributed by atoms with Crippen molar-refractivity contribution in [3.8, 4) is 17.0 Å². The van der Waals surface area contributed by atoms with E-state index in [-0.39, 0.29) is 24.7 Å². The second-order valence-corrected chi connectivity index (χ2v) is 8.35. The first-order valence-electron chi connectivity index (χ1n) is 11.2. The van der Waals surface area contributed by atoms with Crippen LogP contribution in [0.5, 0.6) is 5.75 Å². The van der Waals surface area contributed by atoms with Crippen LogP contribution in [0.3, 0.4) is 0 Å². The molecule has 7 nitrogen and oxygen atoms in total. The molecule has 1 saturated carbocycles. The molecule has 0 saturated heterocycles. The molecule has 1 aromatic heterocycles. The Balaban J connectivity index is 1.71. The molecule has 2 aromatic rings. The Morgan fingerprint density at radius 3 is 2.69 bits per heavy atom. The summed E-state index contributed by atoms with van der Waals surface area (Å²) >= 11 is 0. The van der Waals surface area contributed by atoms with Crippen LogP contribution in [-0.2, 0) is 16.1 Å². The molecule has 172 valence electrons. The molecule has 1 N–H and O–H groups in total. The molecule has 0 spiro atoms. The molecule has 0 unspecified atom stereocenters. The number of aromatic nitrogens is 1. The SMILES string of the molecule is CCCN(C)C(=O)OCc1ccccc1-c1ccc(O[C@H]2CCC[C@H](C(=O)O)C2)c(C)n1. The first-order valence-corrected chi connectivity index (χ1v) is 11.2. The molecule has 2 atom stereocenters. The van der Waals surface area contributed by atoms with E-state index in [4.69, 9.17) is 14.5 Å². The van der Waals surface area contributed by atoms with Crippen LogP contribution in [0.1, 0.15) is 50.3 Å². The van der Waals surface area contributed by atoms with E-state index in [1.807, 2.05) is 50.2 Å². The molecule has 1 fully saturated rings. The molecule has 32 heavy (non-hydrogen) atoms. The summed E-state index contributed by atoms with van der Waals surface area (Å²) in [5.41, 5.74) is 3.30. The topological polar surface area (TPSA) is 89.0 Å². The minimum absolute atomic E-state index is 0.108. The average Bonchev–Trinajstić information content (AvgIpc) is 2.79. The Morgan fingerprint density at radius 1 is 1.19 bits per heavy atom. The Morgan fingerprint density at radius 2 is 1.97 bits per heavy atom. The van der Waals surface area contributed by atoms with Gasteiger partial charge < -0.3 is 19.5 Å². The van der Waals surface area contributed by atoms with Gasteiger partial charge in [0.2, 0.25) is 0 Å². The number of carboxylic acid groups (broad SMARTS) is 1. The van der Waals surface area contributed by atoms with Crippen LogP contribution in [-0.4, -0.2) is 46.7 Å². The van der Waals surface area contributed by atoms with Gasteiger partial charge in [-0.25, -0.2) is 9.78 Å². The van der Waals surface area contributed by atoms with Gasteiger partial charge in [-0.15, -0.1) is 0 Å². The molecule has 3 rings (SSSR count). The second-order valence-electron chi connectivity index (χ2n) is 8.35. The largest absolute Gasteiger partial charge is 0.489 e. The molecule has 1 amide bonds. The second kappa shape index (κ2) is 11.0. The number of carbonyl (C=O) groups excluding carboxylic acids is 1. The van der Waals surface area contributed by atoms with Gasteiger partial charge in [-0.1, -0.05) is 31.2 Å². The maximum atomic E-state index is 12.1. The Hall–Kier alpha value is -3.09. The van der Waals surface area contributed by atoms with Gasteiger partial charge in [-0.3, -0.25) is 4.79 Å². The molecule has 7 heteroatoms. The zero-order valence-electron chi connectivity index (χ0n) is 19.0. The monoisotopic (exact) mass is 440 g/mol. The minimum Gasteiger partial charge on any atom is -0.489 e. The quantitative estimate of drug-likeness (QED) is 0.617. The van der Waals surface area contributed by atoms with E-state index in [0.717, 1.165) is 41.8 Å². The van der Waals surface area contributed by atoms with Gasteiger partial charge in [0.05, 0.1) is 23.4 Å². The van der Waals surface area contributed by atoms with Crippen LogP contribution >= 0.6 is 0 Å². The lowest BCUT2D eigenvalue weighted by atomic mass is 9.87. The number of aliphatic carboxylic acids is 1. The van der Waals surface area contributed by atoms with Crippen molar-refractivity contribution in [1.82, 2.24) is 9.88 Å². The molecule has 1 aliphatic rings. The van der Waals surface area contributed by atoms with E-state index in [9.17, 15) is 14.7 Å². The Labute approximate surface area is 189 Å². The van der Waals surface area contributed by atoms with Crippen LogP contribution in [0, 0.1) is 12.8 Å². The number of nitrogens with zero attached hydrogens (tertiary/aromatic N) is 2. The number of amides is 1. The smallest absolute Gasteiger partial charge is 0.409 e. The van der Waals surface area contributed by atoms with Gasteiger partial charge in [-0.05, 0) is 56.7 Å². The van der Waals surface area contributed by atoms with Crippen LogP contribution < -0.4 is 4.74 Å². The molecule has 0 aliphatic heterocycles. The van der Waals surface area contributed by atoms with Crippen LogP contribution in [0.2, 0.25) is 0 Å². The highest BCUT2D eigenvalue weighted by molar-refractivity contribution is 5.70. The van der Waals surface area contributed by atoms with Crippen LogP contribution in [0.25, 0.3) is 11.3 Å². The molecular formula is C25H32N2O5. The summed E-state index contributed by atoms with van der Waals surface area (Å²) in [4.78, 5) is 29.7. The highest BCUT2D eigenvalue weighted by atomic mass is 16.6. The molecule has 1 aromatic carbocycles. The van der Waals surface area contributed by atoms with E-state index >= 15 is 0 Å². The van der Waals surface area contributed by atoms with E-state index in [1.54, 1.807) is 11.9 Å². The molecular weight excluding hydrogens is 408 g/mol. The standard InChI is InChI=1S/C25H32N2O5/c1-4-14-27(3)25(30)31-16-19-8-5-6-11-21(19)22-12-13-23(17(2)26-22)32-20-10-7-9-18(15-20)24(28)29/h5-6,8,11-13,18,20H,4,7,9-10,14-16H2,1-3H3,(H,28,29)/t18-,20-/m0/s1. The van der Waals surface area contributed by atoms with Crippen molar-refractivity contribution in [2.24, 2.45) is 5.92 Å². The van der Waals surface area contributed by atoms with Crippen LogP contribution in [0.4, 0.5) is 4.79 Å². The summed E-state index contributed by atoms with van der Waals surface area (Å²) < 4.78 is 11.6. The number of carbonyl (C=O) groups is 2. The zero-order chi connectivity index (χ0) is 23.1. The van der Waals surface area contributed by atoms with Gasteiger partial charge in [0, 0.05) is 19.2 Å². The lowest BCUT2D eigenvalue weighted by Crippen LogP contribution is -2.29. The predicted molar refractivity (Wildman–Crippen MR) is 122 cm³/mol. The van der Waals surface area contributed by atoms with Crippen molar-refractivity contribution in [2.75, 3.05) is 13.6 Å². The fourth-order valence-electron chi connectivity index (χ4n) is 4.05. The normalized spacial score (nSPS) is 18.1. The highest BCUT2D eigenvalue weighted by Gasteiger charge is 2.28. The van der Waals surface area contributed by atoms with Crippen molar-refractivity contribution < 1.29 is 24.2 Å². The van der Waals surface area contributed by atoms with Gasteiger partial charge in [-0.2, -0.15) is 0 Å². The van der Waals surface area contributed by atoms with E-state index in [1.165, 1.54) is 0 Å². The minimum atomic E-state index is -0.748. The van der Waals surface area contributed by atoms with Gasteiger partial charge in [0.15, 0.2) is 0 Å². The van der Waals surface area contributed by atoms with Crippen molar-refractivity contribution in [3.63, 3.8) is 0 Å². The number of hydrogen-bond donors (Lipinski definition) is 1. The summed E-state index contributed by atoms with van der Waals surface area (Å²) in [5.74, 6) is -0.413. The third kappa shape index (κ3) is 5.99. The van der Waals surface area contributed by atoms with Gasteiger partial charge in [0.25, 0.3) is 0 Å². The molecule has 1 heterocycles. The maximum Gasteiger partial charge on any atom is 0.409 e. The predicted octanol–water partition coefficient (Wildman–Crippen LogP) is 5.06. The summed E-state index contributed by atoms with van der Waals surface area (Å²) in [6.45, 7) is 4.72. The van der Waals surface area contributed by atoms with Gasteiger partial charge >= 0.3 is 12.1 Å². The molecule has 1 aliphatic carbocycles. The van der Waals surface area contributed by atoms with Gasteiger partial charge in [0.1, 0.15) is 12.4 Å². The third-order valence-corrected chi connectivity index (χ3v) is 5.82. The fraction of sp³-hybridized carbons (Fsp3) is 0.480. The Kier molecular flexibility index (Phi) is 8.09. The third-order valence-electron chi connectivity index (χ3n) is 5.82. The van der Waals surface area contributed by atoms with E-state index < -0.39 is 5.97 Å². The summed E-state index contributed by atoms with van der Waals surface area (Å²) in [7, 11) is 1.73. The van der Waals surface area contributed by atoms with Crippen molar-refractivity contribution >= 4 is 12.1 Å². The highest BCUT2D eigenvalue weighted by Crippen LogP contribution is 2.31. The number of benzene rings is 1. The first kappa shape index (κ1) is 23.6. The number of ether oxygens (including phenoxy) is 2.